The number of rotatable bonds is 8. The van der Waals surface area contributed by atoms with Gasteiger partial charge in [0.05, 0.1) is 52.6 Å². The van der Waals surface area contributed by atoms with Gasteiger partial charge < -0.3 is 23.5 Å². The van der Waals surface area contributed by atoms with Crippen LogP contribution in [0.5, 0.6) is 17.2 Å². The van der Waals surface area contributed by atoms with Crippen LogP contribution in [0, 0.1) is 17.8 Å². The number of nitrogens with one attached hydrogen (secondary N) is 1. The number of benzene rings is 2. The monoisotopic (exact) mass is 524 g/mol. The average molecular weight is 525 g/mol. The summed E-state index contributed by atoms with van der Waals surface area (Å²) < 4.78 is 58.6. The minimum atomic E-state index is -4.27. The molecule has 1 N–H and O–H groups in total. The lowest BCUT2D eigenvalue weighted by Crippen LogP contribution is -2.25. The third kappa shape index (κ3) is 4.78. The Morgan fingerprint density at radius 3 is 2.59 bits per heavy atom. The van der Waals surface area contributed by atoms with Crippen molar-refractivity contribution in [2.75, 3.05) is 39.3 Å². The third-order valence-corrected chi connectivity index (χ3v) is 7.16. The number of nitrogens with zero attached hydrogens (tertiary/aromatic N) is 3. The molecule has 2 aromatic heterocycles. The van der Waals surface area contributed by atoms with E-state index in [9.17, 15) is 8.42 Å². The van der Waals surface area contributed by atoms with Gasteiger partial charge in [-0.3, -0.25) is 9.40 Å². The molecule has 2 aromatic carbocycles. The molecule has 0 radical (unpaired) electrons. The molecule has 0 amide bonds. The van der Waals surface area contributed by atoms with Crippen LogP contribution in [0.3, 0.4) is 0 Å². The molecule has 1 fully saturated rings. The second-order valence-corrected chi connectivity index (χ2v) is 9.81. The summed E-state index contributed by atoms with van der Waals surface area (Å²) in [5.41, 5.74) is 1.59. The smallest absolute Gasteiger partial charge is 0.270 e. The van der Waals surface area contributed by atoms with Crippen molar-refractivity contribution in [3.8, 4) is 29.1 Å². The summed E-state index contributed by atoms with van der Waals surface area (Å²) in [5, 5.41) is 8.55. The van der Waals surface area contributed by atoms with E-state index in [4.69, 9.17) is 23.5 Å². The lowest BCUT2D eigenvalue weighted by Gasteiger charge is -2.20. The fourth-order valence-corrected chi connectivity index (χ4v) is 5.28. The maximum absolute atomic E-state index is 13.7. The summed E-state index contributed by atoms with van der Waals surface area (Å²) in [6.45, 7) is 1.56. The molecule has 1 aliphatic heterocycles. The molecule has 0 saturated carbocycles. The zero-order valence-corrected chi connectivity index (χ0v) is 21.2. The first-order valence-corrected chi connectivity index (χ1v) is 12.7. The molecule has 37 heavy (non-hydrogen) atoms. The maximum Gasteiger partial charge on any atom is 0.270 e. The molecule has 12 heteroatoms. The molecule has 0 spiro atoms. The molecule has 0 atom stereocenters. The molecule has 192 valence electrons. The van der Waals surface area contributed by atoms with E-state index in [1.807, 2.05) is 12.3 Å². The first-order valence-electron chi connectivity index (χ1n) is 11.2. The van der Waals surface area contributed by atoms with E-state index in [2.05, 4.69) is 26.8 Å². The summed E-state index contributed by atoms with van der Waals surface area (Å²) in [6, 6.07) is 8.54. The molecule has 0 unspecified atom stereocenters. The van der Waals surface area contributed by atoms with Crippen molar-refractivity contribution in [2.45, 2.75) is 11.4 Å². The van der Waals surface area contributed by atoms with E-state index in [1.165, 1.54) is 27.4 Å². The van der Waals surface area contributed by atoms with Gasteiger partial charge in [-0.05, 0) is 35.9 Å². The van der Waals surface area contributed by atoms with Crippen LogP contribution in [0.2, 0.25) is 0 Å². The Labute approximate surface area is 213 Å². The van der Waals surface area contributed by atoms with Gasteiger partial charge in [-0.1, -0.05) is 17.0 Å². The third-order valence-electron chi connectivity index (χ3n) is 5.77. The Hall–Kier alpha value is -4.21. The van der Waals surface area contributed by atoms with Crippen molar-refractivity contribution in [3.63, 3.8) is 0 Å². The summed E-state index contributed by atoms with van der Waals surface area (Å²) in [4.78, 5) is -0.209. The maximum atomic E-state index is 13.7. The van der Waals surface area contributed by atoms with Gasteiger partial charge in [0.1, 0.15) is 16.9 Å². The topological polar surface area (TPSA) is 127 Å². The number of fused-ring (bicyclic) bond motifs is 1. The number of hydrogen-bond acceptors (Lipinski definition) is 9. The van der Waals surface area contributed by atoms with Crippen LogP contribution in [0.4, 0.5) is 5.82 Å². The van der Waals surface area contributed by atoms with Crippen molar-refractivity contribution in [3.05, 3.63) is 53.9 Å². The second-order valence-electron chi connectivity index (χ2n) is 8.19. The fourth-order valence-electron chi connectivity index (χ4n) is 3.93. The number of anilines is 1. The van der Waals surface area contributed by atoms with Gasteiger partial charge in [-0.2, -0.15) is 5.10 Å². The van der Waals surface area contributed by atoms with Gasteiger partial charge >= 0.3 is 0 Å². The van der Waals surface area contributed by atoms with Crippen molar-refractivity contribution in [1.82, 2.24) is 14.9 Å². The quantitative estimate of drug-likeness (QED) is 0.346. The van der Waals surface area contributed by atoms with E-state index in [0.717, 1.165) is 5.56 Å². The van der Waals surface area contributed by atoms with Gasteiger partial charge in [-0.25, -0.2) is 8.42 Å². The highest BCUT2D eigenvalue weighted by Crippen LogP contribution is 2.39. The van der Waals surface area contributed by atoms with Gasteiger partial charge in [0.2, 0.25) is 0 Å². The van der Waals surface area contributed by atoms with Crippen LogP contribution >= 0.6 is 0 Å². The fraction of sp³-hybridized carbons (Fsp3) is 0.280. The first-order chi connectivity index (χ1) is 17.9. The van der Waals surface area contributed by atoms with E-state index >= 15 is 0 Å². The number of hydrogen-bond donors (Lipinski definition) is 1. The molecule has 11 nitrogen and oxygen atoms in total. The van der Waals surface area contributed by atoms with Gasteiger partial charge in [0.25, 0.3) is 10.0 Å². The Kier molecular flexibility index (Phi) is 6.64. The molecule has 3 heterocycles. The van der Waals surface area contributed by atoms with Crippen LogP contribution in [-0.4, -0.2) is 57.9 Å². The largest absolute Gasteiger partial charge is 0.496 e. The van der Waals surface area contributed by atoms with Crippen LogP contribution in [0.15, 0.2) is 52.1 Å². The zero-order valence-electron chi connectivity index (χ0n) is 20.3. The first kappa shape index (κ1) is 24.5. The van der Waals surface area contributed by atoms with Crippen LogP contribution in [0.1, 0.15) is 11.1 Å². The Morgan fingerprint density at radius 2 is 1.95 bits per heavy atom. The van der Waals surface area contributed by atoms with Crippen LogP contribution in [-0.2, 0) is 21.3 Å². The van der Waals surface area contributed by atoms with Crippen molar-refractivity contribution in [2.24, 2.45) is 5.92 Å². The Balaban J connectivity index is 1.54. The molecule has 1 saturated heterocycles. The van der Waals surface area contributed by atoms with E-state index in [0.29, 0.717) is 42.0 Å². The lowest BCUT2D eigenvalue weighted by molar-refractivity contribution is -0.00300. The van der Waals surface area contributed by atoms with Crippen molar-refractivity contribution in [1.29, 1.82) is 0 Å². The van der Waals surface area contributed by atoms with Crippen molar-refractivity contribution >= 4 is 26.8 Å². The molecule has 5 rings (SSSR count). The summed E-state index contributed by atoms with van der Waals surface area (Å²) in [5.74, 6) is 6.66. The average Bonchev–Trinajstić information content (AvgIpc) is 3.52. The van der Waals surface area contributed by atoms with Gasteiger partial charge in [-0.15, -0.1) is 0 Å². The zero-order chi connectivity index (χ0) is 26.0. The number of sulfonamides is 1. The van der Waals surface area contributed by atoms with Crippen LogP contribution in [0.25, 0.3) is 11.0 Å². The summed E-state index contributed by atoms with van der Waals surface area (Å²) >= 11 is 0. The Bertz CT molecular complexity index is 1600. The minimum Gasteiger partial charge on any atom is -0.496 e. The number of aromatic nitrogens is 3. The highest BCUT2D eigenvalue weighted by Gasteiger charge is 2.30. The number of ether oxygens (including phenoxy) is 4. The number of methoxy groups -OCH3 is 3. The highest BCUT2D eigenvalue weighted by molar-refractivity contribution is 7.93. The predicted octanol–water partition coefficient (Wildman–Crippen LogP) is 2.90. The summed E-state index contributed by atoms with van der Waals surface area (Å²) in [6.07, 6.45) is 3.51. The van der Waals surface area contributed by atoms with E-state index in [1.54, 1.807) is 29.1 Å². The van der Waals surface area contributed by atoms with Crippen molar-refractivity contribution < 1.29 is 31.9 Å². The SMILES string of the molecule is COc1ccc(C#CC2COC2)c(OC)c1S(=O)(=O)Nc1noc2cc(Cn3cccn3)cc(OC)c12. The molecule has 4 aromatic rings. The molecule has 0 aliphatic carbocycles. The minimum absolute atomic E-state index is 0.0373. The van der Waals surface area contributed by atoms with E-state index in [-0.39, 0.29) is 28.1 Å². The molecular formula is C25H24N4O7S. The lowest BCUT2D eigenvalue weighted by atomic mass is 10.1. The second kappa shape index (κ2) is 10.0. The Morgan fingerprint density at radius 1 is 1.14 bits per heavy atom. The normalized spacial score (nSPS) is 13.5. The summed E-state index contributed by atoms with van der Waals surface area (Å²) in [7, 11) is -0.0368. The van der Waals surface area contributed by atoms with Gasteiger partial charge in [0.15, 0.2) is 22.0 Å². The highest BCUT2D eigenvalue weighted by atomic mass is 32.2. The molecule has 0 bridgehead atoms. The molecule has 1 aliphatic rings. The van der Waals surface area contributed by atoms with E-state index < -0.39 is 10.0 Å². The molecular weight excluding hydrogens is 500 g/mol. The van der Waals surface area contributed by atoms with Crippen LogP contribution < -0.4 is 18.9 Å². The standard InChI is InChI=1S/C25H24N4O7S/c1-32-19-8-7-18(6-5-16-14-35-15-16)23(34-3)24(19)37(30,31)28-25-22-20(33-2)11-17(12-21(22)36-27-25)13-29-10-4-9-26-29/h4,7-12,16H,13-15H2,1-3H3,(H,27,28). The van der Waals surface area contributed by atoms with Gasteiger partial charge in [0, 0.05) is 12.4 Å². The predicted molar refractivity (Wildman–Crippen MR) is 133 cm³/mol.